The van der Waals surface area contributed by atoms with Crippen molar-refractivity contribution >= 4 is 109 Å². The molecule has 244 valence electrons. The first-order valence-corrected chi connectivity index (χ1v) is 15.0. The van der Waals surface area contributed by atoms with Crippen molar-refractivity contribution in [3.05, 3.63) is 51.0 Å². The topological polar surface area (TPSA) is 263 Å². The fourth-order valence-electron chi connectivity index (χ4n) is 3.45. The molecule has 1 aliphatic rings. The zero-order valence-corrected chi connectivity index (χ0v) is 25.7. The molecule has 0 aliphatic carbocycles. The molecule has 1 aliphatic heterocycles. The predicted octanol–water partition coefficient (Wildman–Crippen LogP) is -0.506. The van der Waals surface area contributed by atoms with E-state index in [2.05, 4.69) is 25.5 Å². The zero-order valence-electron chi connectivity index (χ0n) is 23.3. The van der Waals surface area contributed by atoms with E-state index in [1.807, 2.05) is 0 Å². The van der Waals surface area contributed by atoms with Crippen LogP contribution in [0.2, 0.25) is 0 Å². The average Bonchev–Trinajstić information content (AvgIpc) is 3.43. The molecule has 0 bridgehead atoms. The Hall–Kier alpha value is -3.73. The number of nitro groups is 1. The quantitative estimate of drug-likeness (QED) is 0.0345. The number of carbonyl (C=O) groups is 5. The van der Waals surface area contributed by atoms with Gasteiger partial charge < -0.3 is 24.9 Å². The molecule has 23 heteroatoms. The molecular formula is C23H24ClN6NaO13S2. The first-order chi connectivity index (χ1) is 21.0. The number of hydrogen-bond acceptors (Lipinski definition) is 15. The van der Waals surface area contributed by atoms with Crippen LogP contribution in [-0.4, -0.2) is 123 Å². The van der Waals surface area contributed by atoms with Gasteiger partial charge in [-0.3, -0.25) is 29.1 Å². The van der Waals surface area contributed by atoms with Crippen LogP contribution >= 0.6 is 22.9 Å². The number of benzene rings is 1. The number of hydrogen-bond donors (Lipinski definition) is 3. The van der Waals surface area contributed by atoms with E-state index in [1.54, 1.807) is 0 Å². The Kier molecular flexibility index (Phi) is 13.1. The van der Waals surface area contributed by atoms with Crippen molar-refractivity contribution in [3.8, 4) is 0 Å². The molecule has 3 N–H and O–H groups in total. The number of β-lactam (4-membered cyclic amide) rings is 1. The Morgan fingerprint density at radius 2 is 1.87 bits per heavy atom. The van der Waals surface area contributed by atoms with Crippen LogP contribution in [0, 0.1) is 10.1 Å². The van der Waals surface area contributed by atoms with Gasteiger partial charge in [-0.25, -0.2) is 14.6 Å². The Bertz CT molecular complexity index is 1670. The molecular weight excluding hydrogens is 691 g/mol. The van der Waals surface area contributed by atoms with Crippen LogP contribution in [-0.2, 0) is 55.2 Å². The number of carbonyl (C=O) groups excluding carboxylic acids is 5. The molecule has 19 nitrogen and oxygen atoms in total. The molecule has 1 aromatic heterocycles. The molecule has 0 spiro atoms. The Labute approximate surface area is 290 Å². The van der Waals surface area contributed by atoms with E-state index in [-0.39, 0.29) is 57.0 Å². The van der Waals surface area contributed by atoms with Crippen LogP contribution in [0.5, 0.6) is 0 Å². The number of nitrogens with one attached hydrogen (secondary N) is 2. The molecule has 2 unspecified atom stereocenters. The molecule has 2 atom stereocenters. The third kappa shape index (κ3) is 9.18. The van der Waals surface area contributed by atoms with Crippen molar-refractivity contribution < 1.29 is 56.2 Å². The number of rotatable bonds is 13. The van der Waals surface area contributed by atoms with Crippen LogP contribution in [0.1, 0.15) is 25.1 Å². The summed E-state index contributed by atoms with van der Waals surface area (Å²) < 4.78 is 42.0. The molecule has 2 aromatic rings. The maximum atomic E-state index is 13.3. The molecule has 1 saturated heterocycles. The number of amides is 3. The van der Waals surface area contributed by atoms with Crippen molar-refractivity contribution in [1.82, 2.24) is 14.6 Å². The van der Waals surface area contributed by atoms with Gasteiger partial charge in [0.15, 0.2) is 16.9 Å². The molecule has 0 saturated carbocycles. The van der Waals surface area contributed by atoms with Crippen LogP contribution in [0.25, 0.3) is 0 Å². The van der Waals surface area contributed by atoms with Gasteiger partial charge in [-0.1, -0.05) is 5.16 Å². The normalized spacial score (nSPS) is 16.3. The monoisotopic (exact) mass is 714 g/mol. The van der Waals surface area contributed by atoms with E-state index in [0.29, 0.717) is 5.56 Å². The number of ether oxygens (including phenoxy) is 2. The van der Waals surface area contributed by atoms with Gasteiger partial charge >= 0.3 is 51.8 Å². The minimum absolute atomic E-state index is 0. The summed E-state index contributed by atoms with van der Waals surface area (Å²) in [5, 5.41) is 20.2. The van der Waals surface area contributed by atoms with Crippen molar-refractivity contribution in [2.45, 2.75) is 38.1 Å². The minimum atomic E-state index is -5.21. The molecule has 1 aromatic carbocycles. The Morgan fingerprint density at radius 3 is 2.41 bits per heavy atom. The zero-order chi connectivity index (χ0) is 33.7. The van der Waals surface area contributed by atoms with Gasteiger partial charge in [-0.2, -0.15) is 12.7 Å². The molecule has 0 radical (unpaired) electrons. The van der Waals surface area contributed by atoms with Crippen molar-refractivity contribution in [3.63, 3.8) is 0 Å². The molecule has 3 amide bonds. The number of esters is 2. The van der Waals surface area contributed by atoms with E-state index in [0.717, 1.165) is 18.4 Å². The van der Waals surface area contributed by atoms with Crippen molar-refractivity contribution in [1.29, 1.82) is 0 Å². The Balaban J connectivity index is 0.00000736. The number of alkyl halides is 1. The van der Waals surface area contributed by atoms with Gasteiger partial charge in [0.1, 0.15) is 24.2 Å². The van der Waals surface area contributed by atoms with Crippen molar-refractivity contribution in [2.24, 2.45) is 5.16 Å². The molecule has 46 heavy (non-hydrogen) atoms. The van der Waals surface area contributed by atoms with Gasteiger partial charge in [-0.15, -0.1) is 22.9 Å². The third-order valence-corrected chi connectivity index (χ3v) is 7.64. The van der Waals surface area contributed by atoms with Gasteiger partial charge in [0.2, 0.25) is 11.5 Å². The van der Waals surface area contributed by atoms with Crippen molar-refractivity contribution in [2.75, 3.05) is 18.3 Å². The summed E-state index contributed by atoms with van der Waals surface area (Å²) in [6.07, 6.45) is 0. The van der Waals surface area contributed by atoms with Crippen LogP contribution < -0.4 is 10.6 Å². The van der Waals surface area contributed by atoms with E-state index >= 15 is 0 Å². The van der Waals surface area contributed by atoms with Crippen LogP contribution in [0.3, 0.4) is 0 Å². The Morgan fingerprint density at radius 1 is 1.24 bits per heavy atom. The summed E-state index contributed by atoms with van der Waals surface area (Å²) >= 11 is 6.30. The summed E-state index contributed by atoms with van der Waals surface area (Å²) in [5.41, 5.74) is -2.60. The second-order valence-corrected chi connectivity index (χ2v) is 11.7. The number of non-ortho nitro benzene ring substituents is 1. The fraction of sp³-hybridized carbons (Fsp3) is 0.348. The van der Waals surface area contributed by atoms with E-state index in [1.165, 1.54) is 43.5 Å². The predicted molar refractivity (Wildman–Crippen MR) is 159 cm³/mol. The first kappa shape index (κ1) is 38.5. The third-order valence-electron chi connectivity index (χ3n) is 5.73. The van der Waals surface area contributed by atoms with Crippen LogP contribution in [0.15, 0.2) is 34.8 Å². The second kappa shape index (κ2) is 15.7. The number of nitro benzene ring substituents is 1. The second-order valence-electron chi connectivity index (χ2n) is 9.29. The number of halogens is 1. The van der Waals surface area contributed by atoms with Crippen LogP contribution in [0.4, 0.5) is 10.8 Å². The maximum absolute atomic E-state index is 13.3. The summed E-state index contributed by atoms with van der Waals surface area (Å²) in [6.45, 7) is 2.15. The SMILES string of the molecule is COC(=O)C1C(NC(=O)/C(=N\OC(C)(C)C(=O)OCc2ccc([N+](=O)[O-])cc2)c2csc(NC(=O)CCl)n2)C(=O)N1S(=O)(=O)O.[NaH]. The number of aromatic nitrogens is 1. The van der Waals surface area contributed by atoms with E-state index < -0.39 is 74.2 Å². The number of anilines is 1. The molecule has 3 rings (SSSR count). The van der Waals surface area contributed by atoms with Gasteiger partial charge in [-0.05, 0) is 31.5 Å². The average molecular weight is 715 g/mol. The first-order valence-electron chi connectivity index (χ1n) is 12.2. The number of thiazole rings is 1. The van der Waals surface area contributed by atoms with Gasteiger partial charge in [0, 0.05) is 17.5 Å². The number of methoxy groups -OCH3 is 1. The number of nitrogens with zero attached hydrogens (tertiary/aromatic N) is 4. The number of oxime groups is 1. The summed E-state index contributed by atoms with van der Waals surface area (Å²) in [7, 11) is -4.33. The molecule has 2 heterocycles. The standard InChI is InChI=1S/C23H23ClN6O13S2.Na.H/c1-23(2,21(35)42-9-11-4-6-12(7-5-11)30(36)37)43-28-15(13-10-44-22(25-13)26-14(31)8-24)18(32)27-16-17(20(34)41-3)29(19(16)33)45(38,39)40;;/h4-7,10,16-17H,8-9H2,1-3H3,(H,27,32)(H,25,26,31)(H,38,39,40);;/b28-15-;;. The van der Waals surface area contributed by atoms with Gasteiger partial charge in [0.05, 0.1) is 12.0 Å². The van der Waals surface area contributed by atoms with E-state index in [4.69, 9.17) is 21.2 Å². The molecule has 1 fully saturated rings. The van der Waals surface area contributed by atoms with E-state index in [9.17, 15) is 47.1 Å². The summed E-state index contributed by atoms with van der Waals surface area (Å²) in [4.78, 5) is 81.9. The fourth-order valence-corrected chi connectivity index (χ4v) is 5.07. The summed E-state index contributed by atoms with van der Waals surface area (Å²) in [5.74, 6) is -5.97. The summed E-state index contributed by atoms with van der Waals surface area (Å²) in [6, 6.07) is 1.36. The van der Waals surface area contributed by atoms with Gasteiger partial charge in [0.25, 0.3) is 17.5 Å².